The molecule has 0 unspecified atom stereocenters. The van der Waals surface area contributed by atoms with Gasteiger partial charge in [0, 0.05) is 10.7 Å². The maximum atomic E-state index is 10.6. The van der Waals surface area contributed by atoms with Crippen molar-refractivity contribution in [3.63, 3.8) is 0 Å². The largest absolute Gasteiger partial charge is 0.255 e. The van der Waals surface area contributed by atoms with Crippen molar-refractivity contribution in [1.29, 1.82) is 0 Å². The van der Waals surface area contributed by atoms with Crippen molar-refractivity contribution >= 4 is 19.7 Å². The van der Waals surface area contributed by atoms with Gasteiger partial charge in [0.05, 0.1) is 19.2 Å². The molecule has 0 fully saturated rings. The normalized spacial score (nSPS) is 11.8. The van der Waals surface area contributed by atoms with Gasteiger partial charge in [-0.3, -0.25) is 0 Å². The third-order valence-electron chi connectivity index (χ3n) is 1.56. The van der Waals surface area contributed by atoms with Gasteiger partial charge in [-0.05, 0) is 0 Å². The van der Waals surface area contributed by atoms with Crippen LogP contribution in [0.2, 0.25) is 0 Å². The number of halogens is 1. The minimum atomic E-state index is -3.38. The topological polar surface area (TPSA) is 53.8 Å². The summed E-state index contributed by atoms with van der Waals surface area (Å²) in [5, 5.41) is 0. The molecular weight excluding hydrogens is 200 g/mol. The average Bonchev–Trinajstić information content (AvgIpc) is 2.29. The van der Waals surface area contributed by atoms with E-state index in [2.05, 4.69) is 4.98 Å². The van der Waals surface area contributed by atoms with E-state index in [1.165, 1.54) is 0 Å². The van der Waals surface area contributed by atoms with Gasteiger partial charge < -0.3 is 0 Å². The van der Waals surface area contributed by atoms with Crippen molar-refractivity contribution in [2.75, 3.05) is 5.75 Å². The van der Waals surface area contributed by atoms with E-state index in [9.17, 15) is 8.42 Å². The molecule has 68 valence electrons. The zero-order chi connectivity index (χ0) is 9.19. The van der Waals surface area contributed by atoms with Gasteiger partial charge >= 0.3 is 0 Å². The molecular formula is C6H10ClN2O2S+. The third kappa shape index (κ3) is 2.83. The van der Waals surface area contributed by atoms with E-state index in [4.69, 9.17) is 10.7 Å². The first-order chi connectivity index (χ1) is 5.49. The number of hydrogen-bond donors (Lipinski definition) is 1. The number of H-pyrrole nitrogens is 1. The average molecular weight is 210 g/mol. The number of aryl methyl sites for hydroxylation is 2. The summed E-state index contributed by atoms with van der Waals surface area (Å²) >= 11 is 0. The maximum Gasteiger partial charge on any atom is 0.255 e. The van der Waals surface area contributed by atoms with Crippen LogP contribution < -0.4 is 4.57 Å². The molecule has 12 heavy (non-hydrogen) atoms. The van der Waals surface area contributed by atoms with Gasteiger partial charge in [-0.2, -0.15) is 0 Å². The lowest BCUT2D eigenvalue weighted by molar-refractivity contribution is -0.677. The number of nitrogens with one attached hydrogen (secondary N) is 1. The Balaban J connectivity index is 2.61. The standard InChI is InChI=1S/C6H9ClN2O2S/c1-9-4-3-8-6(9)2-5-12(7,10)11/h3-4H,2,5H2,1H3/p+1. The molecule has 6 heteroatoms. The van der Waals surface area contributed by atoms with E-state index in [0.717, 1.165) is 5.82 Å². The van der Waals surface area contributed by atoms with Gasteiger partial charge in [0.15, 0.2) is 0 Å². The molecule has 0 spiro atoms. The van der Waals surface area contributed by atoms with Crippen LogP contribution in [0, 0.1) is 0 Å². The monoisotopic (exact) mass is 209 g/mol. The Morgan fingerprint density at radius 3 is 2.75 bits per heavy atom. The molecule has 1 heterocycles. The fraction of sp³-hybridized carbons (Fsp3) is 0.500. The Kier molecular flexibility index (Phi) is 2.74. The molecule has 0 atom stereocenters. The first kappa shape index (κ1) is 9.54. The Bertz CT molecular complexity index is 357. The lowest BCUT2D eigenvalue weighted by Gasteiger charge is -1.92. The number of hydrogen-bond acceptors (Lipinski definition) is 2. The van der Waals surface area contributed by atoms with Gasteiger partial charge in [0.2, 0.25) is 9.05 Å². The zero-order valence-corrected chi connectivity index (χ0v) is 8.19. The summed E-state index contributed by atoms with van der Waals surface area (Å²) in [4.78, 5) is 2.92. The zero-order valence-electron chi connectivity index (χ0n) is 6.62. The Labute approximate surface area is 75.6 Å². The molecule has 0 bridgehead atoms. The van der Waals surface area contributed by atoms with E-state index in [1.54, 1.807) is 6.20 Å². The number of aromatic amines is 1. The highest BCUT2D eigenvalue weighted by molar-refractivity contribution is 8.13. The van der Waals surface area contributed by atoms with Crippen LogP contribution in [-0.4, -0.2) is 19.2 Å². The van der Waals surface area contributed by atoms with Gasteiger partial charge in [-0.1, -0.05) is 0 Å². The van der Waals surface area contributed by atoms with Crippen molar-refractivity contribution < 1.29 is 13.0 Å². The quantitative estimate of drug-likeness (QED) is 0.561. The second-order valence-corrected chi connectivity index (χ2v) is 5.41. The van der Waals surface area contributed by atoms with E-state index in [-0.39, 0.29) is 5.75 Å². The molecule has 0 aliphatic carbocycles. The van der Waals surface area contributed by atoms with Crippen molar-refractivity contribution in [3.05, 3.63) is 18.2 Å². The highest BCUT2D eigenvalue weighted by Crippen LogP contribution is 1.99. The van der Waals surface area contributed by atoms with Gasteiger partial charge in [-0.15, -0.1) is 0 Å². The summed E-state index contributed by atoms with van der Waals surface area (Å²) < 4.78 is 23.0. The first-order valence-electron chi connectivity index (χ1n) is 3.43. The van der Waals surface area contributed by atoms with E-state index in [0.29, 0.717) is 6.42 Å². The van der Waals surface area contributed by atoms with E-state index < -0.39 is 9.05 Å². The molecule has 1 aromatic heterocycles. The molecule has 0 saturated carbocycles. The van der Waals surface area contributed by atoms with Crippen LogP contribution >= 0.6 is 10.7 Å². The molecule has 1 rings (SSSR count). The molecule has 1 aromatic rings. The highest BCUT2D eigenvalue weighted by atomic mass is 35.7. The minimum Gasteiger partial charge on any atom is -0.248 e. The Morgan fingerprint density at radius 1 is 1.67 bits per heavy atom. The predicted molar refractivity (Wildman–Crippen MR) is 45.3 cm³/mol. The molecule has 0 aliphatic rings. The maximum absolute atomic E-state index is 10.6. The molecule has 0 aliphatic heterocycles. The summed E-state index contributed by atoms with van der Waals surface area (Å²) in [5.74, 6) is 0.808. The van der Waals surface area contributed by atoms with Crippen LogP contribution in [0.4, 0.5) is 0 Å². The number of imidazole rings is 1. The number of aromatic nitrogens is 2. The molecule has 0 saturated heterocycles. The summed E-state index contributed by atoms with van der Waals surface area (Å²) in [6.07, 6.45) is 3.97. The summed E-state index contributed by atoms with van der Waals surface area (Å²) in [7, 11) is 3.51. The van der Waals surface area contributed by atoms with Crippen LogP contribution in [0.1, 0.15) is 5.82 Å². The van der Waals surface area contributed by atoms with Crippen molar-refractivity contribution in [1.82, 2.24) is 4.98 Å². The second-order valence-electron chi connectivity index (χ2n) is 2.51. The van der Waals surface area contributed by atoms with Gasteiger partial charge in [0.25, 0.3) is 5.82 Å². The fourth-order valence-corrected chi connectivity index (χ4v) is 1.57. The van der Waals surface area contributed by atoms with E-state index in [1.807, 2.05) is 17.8 Å². The fourth-order valence-electron chi connectivity index (χ4n) is 0.904. The van der Waals surface area contributed by atoms with Crippen LogP contribution in [0.3, 0.4) is 0 Å². The predicted octanol–water partition coefficient (Wildman–Crippen LogP) is -0.0497. The highest BCUT2D eigenvalue weighted by Gasteiger charge is 2.11. The molecule has 0 amide bonds. The van der Waals surface area contributed by atoms with Crippen LogP contribution in [-0.2, 0) is 22.5 Å². The summed E-state index contributed by atoms with van der Waals surface area (Å²) in [5.41, 5.74) is 0. The first-order valence-corrected chi connectivity index (χ1v) is 5.91. The summed E-state index contributed by atoms with van der Waals surface area (Å²) in [6.45, 7) is 0. The van der Waals surface area contributed by atoms with Gasteiger partial charge in [0.1, 0.15) is 12.4 Å². The van der Waals surface area contributed by atoms with E-state index >= 15 is 0 Å². The number of nitrogens with zero attached hydrogens (tertiary/aromatic N) is 1. The SMILES string of the molecule is C[n+]1cc[nH]c1CCS(=O)(=O)Cl. The van der Waals surface area contributed by atoms with Crippen LogP contribution in [0.25, 0.3) is 0 Å². The Hall–Kier alpha value is -0.550. The molecule has 0 radical (unpaired) electrons. The lowest BCUT2D eigenvalue weighted by Crippen LogP contribution is -2.31. The van der Waals surface area contributed by atoms with Crippen molar-refractivity contribution in [3.8, 4) is 0 Å². The molecule has 0 aromatic carbocycles. The van der Waals surface area contributed by atoms with Crippen LogP contribution in [0.15, 0.2) is 12.4 Å². The van der Waals surface area contributed by atoms with Crippen molar-refractivity contribution in [2.24, 2.45) is 7.05 Å². The lowest BCUT2D eigenvalue weighted by atomic mass is 10.4. The number of rotatable bonds is 3. The molecule has 4 nitrogen and oxygen atoms in total. The van der Waals surface area contributed by atoms with Crippen molar-refractivity contribution in [2.45, 2.75) is 6.42 Å². The summed E-state index contributed by atoms with van der Waals surface area (Å²) in [6, 6.07) is 0. The van der Waals surface area contributed by atoms with Gasteiger partial charge in [-0.25, -0.2) is 18.0 Å². The second kappa shape index (κ2) is 3.45. The molecule has 1 N–H and O–H groups in total. The third-order valence-corrected chi connectivity index (χ3v) is 2.71. The minimum absolute atomic E-state index is 0.0388. The van der Waals surface area contributed by atoms with Crippen LogP contribution in [0.5, 0.6) is 0 Å². The smallest absolute Gasteiger partial charge is 0.248 e. The Morgan fingerprint density at radius 2 is 2.33 bits per heavy atom.